The van der Waals surface area contributed by atoms with Gasteiger partial charge in [-0.25, -0.2) is 4.98 Å². The predicted molar refractivity (Wildman–Crippen MR) is 97.7 cm³/mol. The minimum absolute atomic E-state index is 0.0231. The number of rotatable bonds is 6. The summed E-state index contributed by atoms with van der Waals surface area (Å²) in [6.07, 6.45) is 11.4. The summed E-state index contributed by atoms with van der Waals surface area (Å²) in [5.41, 5.74) is 2.71. The Kier molecular flexibility index (Phi) is 3.73. The van der Waals surface area contributed by atoms with Crippen LogP contribution in [0.5, 0.6) is 0 Å². The SMILES string of the molecule is O=C(NC(C1CC1)C1CC1)c1[nH]c(Cc2cccnc2)[n+]2ccccc12. The minimum Gasteiger partial charge on any atom is -0.345 e. The van der Waals surface area contributed by atoms with Crippen molar-refractivity contribution in [1.29, 1.82) is 0 Å². The van der Waals surface area contributed by atoms with E-state index in [2.05, 4.69) is 25.8 Å². The van der Waals surface area contributed by atoms with Crippen molar-refractivity contribution in [1.82, 2.24) is 15.3 Å². The first kappa shape index (κ1) is 15.6. The molecule has 0 unspecified atom stereocenters. The topological polar surface area (TPSA) is 61.9 Å². The molecular weight excluding hydrogens is 324 g/mol. The summed E-state index contributed by atoms with van der Waals surface area (Å²) < 4.78 is 2.07. The number of H-pyrrole nitrogens is 1. The van der Waals surface area contributed by atoms with Crippen molar-refractivity contribution >= 4 is 11.4 Å². The number of fused-ring (bicyclic) bond motifs is 1. The molecule has 2 fully saturated rings. The van der Waals surface area contributed by atoms with Crippen LogP contribution in [-0.2, 0) is 6.42 Å². The van der Waals surface area contributed by atoms with Crippen molar-refractivity contribution in [3.05, 3.63) is 66.0 Å². The molecule has 5 heteroatoms. The Morgan fingerprint density at radius 2 is 2.00 bits per heavy atom. The standard InChI is InChI=1S/C21H22N4O/c26-21(24-19(15-6-7-15)16-8-9-16)20-17-5-1-2-11-25(17)18(23-20)12-14-4-3-10-22-13-14/h1-5,10-11,13,15-16,19H,6-9,12H2,(H,24,26)/p+1. The minimum atomic E-state index is 0.0231. The third-order valence-electron chi connectivity index (χ3n) is 5.56. The summed E-state index contributed by atoms with van der Waals surface area (Å²) in [7, 11) is 0. The molecule has 2 aliphatic rings. The van der Waals surface area contributed by atoms with Crippen LogP contribution in [0, 0.1) is 11.8 Å². The first-order valence-electron chi connectivity index (χ1n) is 9.50. The number of amides is 1. The van der Waals surface area contributed by atoms with Gasteiger partial charge >= 0.3 is 0 Å². The van der Waals surface area contributed by atoms with Gasteiger partial charge in [0.15, 0.2) is 5.52 Å². The Labute approximate surface area is 152 Å². The molecule has 0 bridgehead atoms. The van der Waals surface area contributed by atoms with Crippen molar-refractivity contribution in [3.63, 3.8) is 0 Å². The normalized spacial score (nSPS) is 17.0. The molecule has 132 valence electrons. The molecule has 0 radical (unpaired) electrons. The van der Waals surface area contributed by atoms with Gasteiger partial charge in [0.1, 0.15) is 0 Å². The molecule has 3 aromatic rings. The lowest BCUT2D eigenvalue weighted by Gasteiger charge is -2.16. The molecular formula is C21H23N4O+. The van der Waals surface area contributed by atoms with Crippen molar-refractivity contribution in [2.45, 2.75) is 38.1 Å². The number of carbonyl (C=O) groups is 1. The molecule has 0 spiro atoms. The van der Waals surface area contributed by atoms with Crippen LogP contribution in [0.3, 0.4) is 0 Å². The fourth-order valence-corrected chi connectivity index (χ4v) is 3.90. The summed E-state index contributed by atoms with van der Waals surface area (Å²) in [6.45, 7) is 0. The molecule has 2 aliphatic carbocycles. The molecule has 1 amide bonds. The van der Waals surface area contributed by atoms with Gasteiger partial charge < -0.3 is 5.32 Å². The van der Waals surface area contributed by atoms with E-state index >= 15 is 0 Å². The number of imidazole rings is 1. The maximum atomic E-state index is 13.0. The molecule has 2 saturated carbocycles. The maximum Gasteiger partial charge on any atom is 0.295 e. The molecule has 0 atom stereocenters. The first-order chi connectivity index (χ1) is 12.8. The molecule has 0 aliphatic heterocycles. The lowest BCUT2D eigenvalue weighted by Crippen LogP contribution is -2.38. The fraction of sp³-hybridized carbons (Fsp3) is 0.381. The number of aromatic amines is 1. The average Bonchev–Trinajstić information content (AvgIpc) is 3.59. The van der Waals surface area contributed by atoms with Gasteiger partial charge in [0, 0.05) is 18.4 Å². The fourth-order valence-electron chi connectivity index (χ4n) is 3.90. The highest BCUT2D eigenvalue weighted by molar-refractivity contribution is 5.98. The number of nitrogens with one attached hydrogen (secondary N) is 2. The van der Waals surface area contributed by atoms with Crippen LogP contribution in [0.2, 0.25) is 0 Å². The molecule has 5 nitrogen and oxygen atoms in total. The number of hydrogen-bond donors (Lipinski definition) is 2. The molecule has 26 heavy (non-hydrogen) atoms. The van der Waals surface area contributed by atoms with Crippen LogP contribution >= 0.6 is 0 Å². The van der Waals surface area contributed by atoms with Gasteiger partial charge in [-0.1, -0.05) is 12.1 Å². The maximum absolute atomic E-state index is 13.0. The lowest BCUT2D eigenvalue weighted by atomic mass is 10.1. The molecule has 3 aromatic heterocycles. The van der Waals surface area contributed by atoms with Crippen LogP contribution in [0.25, 0.3) is 5.52 Å². The number of aromatic nitrogens is 3. The zero-order valence-electron chi connectivity index (χ0n) is 14.7. The lowest BCUT2D eigenvalue weighted by molar-refractivity contribution is -0.520. The Morgan fingerprint density at radius 1 is 1.19 bits per heavy atom. The summed E-state index contributed by atoms with van der Waals surface area (Å²) in [4.78, 5) is 20.6. The summed E-state index contributed by atoms with van der Waals surface area (Å²) in [5, 5.41) is 3.33. The van der Waals surface area contributed by atoms with E-state index in [1.54, 1.807) is 6.20 Å². The summed E-state index contributed by atoms with van der Waals surface area (Å²) in [6, 6.07) is 10.3. The molecule has 2 N–H and O–H groups in total. The van der Waals surface area contributed by atoms with Gasteiger partial charge in [0.05, 0.1) is 12.6 Å². The van der Waals surface area contributed by atoms with Crippen LogP contribution in [0.15, 0.2) is 48.9 Å². The molecule has 0 aromatic carbocycles. The van der Waals surface area contributed by atoms with Gasteiger partial charge in [0.25, 0.3) is 11.7 Å². The van der Waals surface area contributed by atoms with Crippen molar-refractivity contribution < 1.29 is 9.20 Å². The van der Waals surface area contributed by atoms with E-state index in [9.17, 15) is 4.79 Å². The third kappa shape index (κ3) is 2.98. The molecule has 3 heterocycles. The largest absolute Gasteiger partial charge is 0.345 e. The average molecular weight is 347 g/mol. The van der Waals surface area contributed by atoms with Crippen molar-refractivity contribution in [2.75, 3.05) is 0 Å². The Bertz CT molecular complexity index is 929. The predicted octanol–water partition coefficient (Wildman–Crippen LogP) is 2.66. The van der Waals surface area contributed by atoms with Crippen molar-refractivity contribution in [2.24, 2.45) is 11.8 Å². The highest BCUT2D eigenvalue weighted by Crippen LogP contribution is 2.44. The van der Waals surface area contributed by atoms with E-state index < -0.39 is 0 Å². The Hall–Kier alpha value is -2.69. The highest BCUT2D eigenvalue weighted by Gasteiger charge is 2.43. The van der Waals surface area contributed by atoms with Gasteiger partial charge in [-0.15, -0.1) is 0 Å². The smallest absolute Gasteiger partial charge is 0.295 e. The van der Waals surface area contributed by atoms with Crippen LogP contribution in [-0.4, -0.2) is 21.9 Å². The van der Waals surface area contributed by atoms with Crippen molar-refractivity contribution in [3.8, 4) is 0 Å². The van der Waals surface area contributed by atoms with Gasteiger partial charge in [-0.05, 0) is 61.3 Å². The monoisotopic (exact) mass is 347 g/mol. The number of nitrogens with zero attached hydrogens (tertiary/aromatic N) is 2. The highest BCUT2D eigenvalue weighted by atomic mass is 16.2. The summed E-state index contributed by atoms with van der Waals surface area (Å²) >= 11 is 0. The third-order valence-corrected chi connectivity index (χ3v) is 5.56. The number of pyridine rings is 2. The van der Waals surface area contributed by atoms with E-state index in [1.165, 1.54) is 25.7 Å². The van der Waals surface area contributed by atoms with E-state index in [0.29, 0.717) is 30.0 Å². The Morgan fingerprint density at radius 3 is 2.69 bits per heavy atom. The van der Waals surface area contributed by atoms with Crippen LogP contribution in [0.4, 0.5) is 0 Å². The van der Waals surface area contributed by atoms with Crippen LogP contribution in [0.1, 0.15) is 47.6 Å². The zero-order valence-corrected chi connectivity index (χ0v) is 14.7. The van der Waals surface area contributed by atoms with Gasteiger partial charge in [0.2, 0.25) is 5.69 Å². The summed E-state index contributed by atoms with van der Waals surface area (Å²) in [5.74, 6) is 2.40. The van der Waals surface area contributed by atoms with E-state index in [4.69, 9.17) is 0 Å². The Balaban J connectivity index is 1.46. The zero-order chi connectivity index (χ0) is 17.5. The quantitative estimate of drug-likeness (QED) is 0.674. The number of hydrogen-bond acceptors (Lipinski definition) is 2. The molecule has 5 rings (SSSR count). The second-order valence-corrected chi connectivity index (χ2v) is 7.61. The van der Waals surface area contributed by atoms with E-state index in [0.717, 1.165) is 16.9 Å². The van der Waals surface area contributed by atoms with E-state index in [1.807, 2.05) is 36.7 Å². The molecule has 0 saturated heterocycles. The van der Waals surface area contributed by atoms with E-state index in [-0.39, 0.29) is 5.91 Å². The van der Waals surface area contributed by atoms with Crippen LogP contribution < -0.4 is 9.72 Å². The first-order valence-corrected chi connectivity index (χ1v) is 9.50. The number of carbonyl (C=O) groups excluding carboxylic acids is 1. The van der Waals surface area contributed by atoms with Gasteiger partial charge in [-0.2, -0.15) is 4.40 Å². The van der Waals surface area contributed by atoms with Gasteiger partial charge in [-0.3, -0.25) is 9.78 Å². The second kappa shape index (κ2) is 6.24. The second-order valence-electron chi connectivity index (χ2n) is 7.61.